The van der Waals surface area contributed by atoms with Gasteiger partial charge in [-0.1, -0.05) is 11.6 Å². The van der Waals surface area contributed by atoms with Crippen molar-refractivity contribution in [3.63, 3.8) is 0 Å². The number of H-pyrrole nitrogens is 1. The van der Waals surface area contributed by atoms with E-state index in [-0.39, 0.29) is 18.0 Å². The summed E-state index contributed by atoms with van der Waals surface area (Å²) < 4.78 is 26.6. The molecule has 0 aliphatic carbocycles. The van der Waals surface area contributed by atoms with E-state index in [1.165, 1.54) is 18.2 Å². The van der Waals surface area contributed by atoms with Gasteiger partial charge < -0.3 is 10.1 Å². The molecule has 3 N–H and O–H groups in total. The smallest absolute Gasteiger partial charge is 0.240 e. The largest absolute Gasteiger partial charge is 0.392 e. The van der Waals surface area contributed by atoms with E-state index in [2.05, 4.69) is 14.7 Å². The van der Waals surface area contributed by atoms with Crippen LogP contribution in [-0.4, -0.2) is 30.0 Å². The second-order valence-electron chi connectivity index (χ2n) is 4.09. The van der Waals surface area contributed by atoms with E-state index >= 15 is 0 Å². The molecule has 2 aromatic rings. The van der Waals surface area contributed by atoms with Gasteiger partial charge >= 0.3 is 0 Å². The third-order valence-electron chi connectivity index (χ3n) is 2.71. The average Bonchev–Trinajstić information content (AvgIpc) is 2.92. The van der Waals surface area contributed by atoms with E-state index in [9.17, 15) is 8.42 Å². The van der Waals surface area contributed by atoms with Crippen LogP contribution in [0.5, 0.6) is 0 Å². The van der Waals surface area contributed by atoms with Gasteiger partial charge in [-0.25, -0.2) is 18.1 Å². The highest BCUT2D eigenvalue weighted by Gasteiger charge is 2.15. The number of aliphatic hydroxyl groups is 1. The molecular weight excluding hydrogens is 302 g/mol. The minimum absolute atomic E-state index is 0.0744. The average molecular weight is 316 g/mol. The van der Waals surface area contributed by atoms with Crippen LogP contribution in [0.25, 0.3) is 0 Å². The van der Waals surface area contributed by atoms with Gasteiger partial charge in [0.05, 0.1) is 11.5 Å². The van der Waals surface area contributed by atoms with Crippen LogP contribution in [0, 0.1) is 0 Å². The summed E-state index contributed by atoms with van der Waals surface area (Å²) in [5.74, 6) is 0.708. The fourth-order valence-electron chi connectivity index (χ4n) is 1.66. The van der Waals surface area contributed by atoms with Crippen molar-refractivity contribution in [2.24, 2.45) is 0 Å². The predicted molar refractivity (Wildman–Crippen MR) is 74.9 cm³/mol. The number of benzene rings is 1. The van der Waals surface area contributed by atoms with Crippen LogP contribution in [0.1, 0.15) is 11.4 Å². The minimum atomic E-state index is -3.62. The van der Waals surface area contributed by atoms with Crippen molar-refractivity contribution >= 4 is 21.6 Å². The van der Waals surface area contributed by atoms with E-state index in [0.29, 0.717) is 22.8 Å². The fraction of sp³-hybridized carbons (Fsp3) is 0.250. The Hall–Kier alpha value is -1.41. The van der Waals surface area contributed by atoms with Crippen molar-refractivity contribution in [2.75, 3.05) is 6.54 Å². The number of rotatable bonds is 6. The maximum Gasteiger partial charge on any atom is 0.240 e. The number of aromatic nitrogens is 2. The molecule has 0 radical (unpaired) electrons. The molecule has 0 fully saturated rings. The molecule has 0 unspecified atom stereocenters. The molecule has 0 amide bonds. The number of sulfonamides is 1. The predicted octanol–water partition coefficient (Wildman–Crippen LogP) is 1.08. The standard InChI is InChI=1S/C12H14ClN3O3S/c13-11-2-1-10(7-9(11)8-17)20(18,19)16-4-3-12-14-5-6-15-12/h1-2,5-7,16-17H,3-4,8H2,(H,14,15). The number of hydrogen-bond donors (Lipinski definition) is 3. The van der Waals surface area contributed by atoms with Gasteiger partial charge in [0, 0.05) is 30.4 Å². The van der Waals surface area contributed by atoms with Gasteiger partial charge in [0.1, 0.15) is 5.82 Å². The number of hydrogen-bond acceptors (Lipinski definition) is 4. The third-order valence-corrected chi connectivity index (χ3v) is 4.53. The first kappa shape index (κ1) is 15.0. The van der Waals surface area contributed by atoms with Crippen LogP contribution in [0.2, 0.25) is 5.02 Å². The first-order valence-corrected chi connectivity index (χ1v) is 7.76. The molecule has 1 heterocycles. The molecule has 6 nitrogen and oxygen atoms in total. The number of nitrogens with zero attached hydrogens (tertiary/aromatic N) is 1. The highest BCUT2D eigenvalue weighted by atomic mass is 35.5. The monoisotopic (exact) mass is 315 g/mol. The molecule has 0 saturated heterocycles. The van der Waals surface area contributed by atoms with Crippen LogP contribution in [-0.2, 0) is 23.1 Å². The summed E-state index contributed by atoms with van der Waals surface area (Å²) in [6, 6.07) is 4.21. The molecule has 0 bridgehead atoms. The van der Waals surface area contributed by atoms with Gasteiger partial charge in [0.15, 0.2) is 0 Å². The summed E-state index contributed by atoms with van der Waals surface area (Å²) in [4.78, 5) is 6.97. The number of aromatic amines is 1. The second kappa shape index (κ2) is 6.36. The first-order valence-electron chi connectivity index (χ1n) is 5.90. The van der Waals surface area contributed by atoms with Crippen molar-refractivity contribution < 1.29 is 13.5 Å². The number of halogens is 1. The Kier molecular flexibility index (Phi) is 4.77. The van der Waals surface area contributed by atoms with E-state index < -0.39 is 10.0 Å². The highest BCUT2D eigenvalue weighted by Crippen LogP contribution is 2.20. The number of nitrogens with one attached hydrogen (secondary N) is 2. The summed E-state index contributed by atoms with van der Waals surface area (Å²) in [7, 11) is -3.62. The zero-order valence-electron chi connectivity index (χ0n) is 10.5. The van der Waals surface area contributed by atoms with Crippen molar-refractivity contribution in [2.45, 2.75) is 17.9 Å². The lowest BCUT2D eigenvalue weighted by molar-refractivity contribution is 0.281. The van der Waals surface area contributed by atoms with Gasteiger partial charge in [-0.05, 0) is 23.8 Å². The van der Waals surface area contributed by atoms with Gasteiger partial charge in [0.25, 0.3) is 0 Å². The molecule has 1 aromatic carbocycles. The molecule has 0 aliphatic rings. The zero-order valence-corrected chi connectivity index (χ0v) is 12.1. The summed E-state index contributed by atoms with van der Waals surface area (Å²) in [6.45, 7) is -0.0818. The molecule has 8 heteroatoms. The van der Waals surface area contributed by atoms with Crippen LogP contribution in [0.3, 0.4) is 0 Å². The number of aliphatic hydroxyl groups excluding tert-OH is 1. The Balaban J connectivity index is 2.06. The molecule has 1 aromatic heterocycles. The summed E-state index contributed by atoms with van der Waals surface area (Å²) >= 11 is 5.83. The van der Waals surface area contributed by atoms with Crippen molar-refractivity contribution in [1.82, 2.24) is 14.7 Å². The van der Waals surface area contributed by atoms with Crippen molar-refractivity contribution in [1.29, 1.82) is 0 Å². The van der Waals surface area contributed by atoms with Crippen LogP contribution in [0.15, 0.2) is 35.5 Å². The third kappa shape index (κ3) is 3.57. The van der Waals surface area contributed by atoms with Gasteiger partial charge in [-0.3, -0.25) is 0 Å². The molecule has 0 spiro atoms. The Morgan fingerprint density at radius 1 is 1.40 bits per heavy atom. The Morgan fingerprint density at radius 2 is 2.20 bits per heavy atom. The lowest BCUT2D eigenvalue weighted by atomic mass is 10.2. The first-order chi connectivity index (χ1) is 9.53. The van der Waals surface area contributed by atoms with E-state index in [1.54, 1.807) is 12.4 Å². The van der Waals surface area contributed by atoms with E-state index in [4.69, 9.17) is 16.7 Å². The maximum atomic E-state index is 12.1. The van der Waals surface area contributed by atoms with Crippen molar-refractivity contribution in [3.8, 4) is 0 Å². The second-order valence-corrected chi connectivity index (χ2v) is 6.27. The SMILES string of the molecule is O=S(=O)(NCCc1ncc[nH]1)c1ccc(Cl)c(CO)c1. The highest BCUT2D eigenvalue weighted by molar-refractivity contribution is 7.89. The van der Waals surface area contributed by atoms with Gasteiger partial charge in [-0.15, -0.1) is 0 Å². The normalized spacial score (nSPS) is 11.7. The Labute approximate surface area is 121 Å². The maximum absolute atomic E-state index is 12.1. The van der Waals surface area contributed by atoms with Gasteiger partial charge in [-0.2, -0.15) is 0 Å². The molecule has 0 aliphatic heterocycles. The van der Waals surface area contributed by atoms with E-state index in [1.807, 2.05) is 0 Å². The zero-order chi connectivity index (χ0) is 14.6. The Bertz CT molecular complexity index is 671. The summed E-state index contributed by atoms with van der Waals surface area (Å²) in [5.41, 5.74) is 0.376. The molecular formula is C12H14ClN3O3S. The van der Waals surface area contributed by atoms with Crippen molar-refractivity contribution in [3.05, 3.63) is 47.0 Å². The van der Waals surface area contributed by atoms with E-state index in [0.717, 1.165) is 0 Å². The van der Waals surface area contributed by atoms with Gasteiger partial charge in [0.2, 0.25) is 10.0 Å². The lowest BCUT2D eigenvalue weighted by Gasteiger charge is -2.08. The number of imidazole rings is 1. The topological polar surface area (TPSA) is 95.1 Å². The van der Waals surface area contributed by atoms with Crippen LogP contribution >= 0.6 is 11.6 Å². The fourth-order valence-corrected chi connectivity index (χ4v) is 2.92. The minimum Gasteiger partial charge on any atom is -0.392 e. The quantitative estimate of drug-likeness (QED) is 0.743. The molecule has 2 rings (SSSR count). The van der Waals surface area contributed by atoms with Crippen LogP contribution in [0.4, 0.5) is 0 Å². The lowest BCUT2D eigenvalue weighted by Crippen LogP contribution is -2.26. The molecule has 0 saturated carbocycles. The molecule has 20 heavy (non-hydrogen) atoms. The summed E-state index contributed by atoms with van der Waals surface area (Å²) in [6.07, 6.45) is 3.75. The Morgan fingerprint density at radius 3 is 2.85 bits per heavy atom. The summed E-state index contributed by atoms with van der Waals surface area (Å²) in [5, 5.41) is 9.43. The molecule has 108 valence electrons. The van der Waals surface area contributed by atoms with Crippen LogP contribution < -0.4 is 4.72 Å². The molecule has 0 atom stereocenters.